The zero-order chi connectivity index (χ0) is 19.2. The summed E-state index contributed by atoms with van der Waals surface area (Å²) in [4.78, 5) is 0. The van der Waals surface area contributed by atoms with Gasteiger partial charge in [0.1, 0.15) is 0 Å². The number of fused-ring (bicyclic) bond motifs is 3. The van der Waals surface area contributed by atoms with Crippen molar-refractivity contribution in [1.29, 1.82) is 0 Å². The largest absolute Gasteiger partial charge is 0.393 e. The topological polar surface area (TPSA) is 38.7 Å². The van der Waals surface area contributed by atoms with Crippen molar-refractivity contribution in [2.24, 2.45) is 22.7 Å². The molecule has 0 bridgehead atoms. The molecular formula is C24H38O3. The molecule has 3 heteroatoms. The van der Waals surface area contributed by atoms with Gasteiger partial charge in [-0.15, -0.1) is 0 Å². The third kappa shape index (κ3) is 3.56. The monoisotopic (exact) mass is 374 g/mol. The molecule has 0 aromatic rings. The maximum atomic E-state index is 10.6. The SMILES string of the molecule is CCCC1=C2CCC3(C)C(O)CCC3C2CC/C1=C/C1OCC(C)(C)CO1. The van der Waals surface area contributed by atoms with E-state index >= 15 is 0 Å². The molecule has 1 N–H and O–H groups in total. The molecule has 4 unspecified atom stereocenters. The fraction of sp³-hybridized carbons (Fsp3) is 0.833. The van der Waals surface area contributed by atoms with Gasteiger partial charge in [0.25, 0.3) is 0 Å². The van der Waals surface area contributed by atoms with Crippen LogP contribution in [0, 0.1) is 22.7 Å². The van der Waals surface area contributed by atoms with Crippen LogP contribution >= 0.6 is 0 Å². The molecule has 3 aliphatic carbocycles. The Bertz CT molecular complexity index is 622. The molecule has 0 spiro atoms. The van der Waals surface area contributed by atoms with Crippen molar-refractivity contribution < 1.29 is 14.6 Å². The highest BCUT2D eigenvalue weighted by Crippen LogP contribution is 2.59. The fourth-order valence-corrected chi connectivity index (χ4v) is 6.23. The van der Waals surface area contributed by atoms with Crippen LogP contribution in [0.5, 0.6) is 0 Å². The summed E-state index contributed by atoms with van der Waals surface area (Å²) in [5.41, 5.74) is 5.06. The first-order valence-corrected chi connectivity index (χ1v) is 11.2. The molecule has 1 aliphatic heterocycles. The van der Waals surface area contributed by atoms with E-state index in [1.165, 1.54) is 37.7 Å². The fourth-order valence-electron chi connectivity index (χ4n) is 6.23. The maximum Gasteiger partial charge on any atom is 0.177 e. The molecule has 3 fully saturated rings. The van der Waals surface area contributed by atoms with Gasteiger partial charge in [0.05, 0.1) is 19.3 Å². The number of hydrogen-bond donors (Lipinski definition) is 1. The van der Waals surface area contributed by atoms with Crippen LogP contribution in [0.3, 0.4) is 0 Å². The van der Waals surface area contributed by atoms with Crippen molar-refractivity contribution in [3.63, 3.8) is 0 Å². The summed E-state index contributed by atoms with van der Waals surface area (Å²) >= 11 is 0. The van der Waals surface area contributed by atoms with E-state index in [1.807, 2.05) is 0 Å². The highest BCUT2D eigenvalue weighted by molar-refractivity contribution is 5.41. The van der Waals surface area contributed by atoms with E-state index < -0.39 is 0 Å². The first-order valence-electron chi connectivity index (χ1n) is 11.2. The van der Waals surface area contributed by atoms with E-state index in [0.717, 1.165) is 32.5 Å². The number of ether oxygens (including phenoxy) is 2. The first-order chi connectivity index (χ1) is 12.8. The second kappa shape index (κ2) is 7.31. The summed E-state index contributed by atoms with van der Waals surface area (Å²) in [6, 6.07) is 0. The van der Waals surface area contributed by atoms with Crippen LogP contribution in [0.4, 0.5) is 0 Å². The van der Waals surface area contributed by atoms with Gasteiger partial charge in [-0.25, -0.2) is 0 Å². The standard InChI is InChI=1S/C24H38O3/c1-5-6-17-16(13-22-26-14-23(2,3)15-27-22)7-8-19-18(17)11-12-24(4)20(19)9-10-21(24)25/h13,19-22,25H,5-12,14-15H2,1-4H3/b16-13-. The Kier molecular flexibility index (Phi) is 5.33. The Morgan fingerprint density at radius 1 is 1.07 bits per heavy atom. The van der Waals surface area contributed by atoms with E-state index in [9.17, 15) is 5.11 Å². The second-order valence-electron chi connectivity index (χ2n) is 10.5. The summed E-state index contributed by atoms with van der Waals surface area (Å²) < 4.78 is 12.0. The Balaban J connectivity index is 1.59. The van der Waals surface area contributed by atoms with Gasteiger partial charge in [-0.3, -0.25) is 0 Å². The molecule has 4 aliphatic rings. The van der Waals surface area contributed by atoms with Gasteiger partial charge in [-0.05, 0) is 79.4 Å². The summed E-state index contributed by atoms with van der Waals surface area (Å²) in [5.74, 6) is 1.36. The zero-order valence-electron chi connectivity index (χ0n) is 17.7. The van der Waals surface area contributed by atoms with E-state index in [-0.39, 0.29) is 23.2 Å². The van der Waals surface area contributed by atoms with E-state index in [1.54, 1.807) is 11.1 Å². The van der Waals surface area contributed by atoms with Gasteiger partial charge < -0.3 is 14.6 Å². The van der Waals surface area contributed by atoms with E-state index in [2.05, 4.69) is 33.8 Å². The van der Waals surface area contributed by atoms with Crippen molar-refractivity contribution in [1.82, 2.24) is 0 Å². The van der Waals surface area contributed by atoms with Crippen LogP contribution in [0.2, 0.25) is 0 Å². The van der Waals surface area contributed by atoms with Crippen LogP contribution in [-0.4, -0.2) is 30.7 Å². The number of aliphatic hydroxyl groups excluding tert-OH is 1. The molecule has 27 heavy (non-hydrogen) atoms. The van der Waals surface area contributed by atoms with Gasteiger partial charge in [0.15, 0.2) is 6.29 Å². The highest BCUT2D eigenvalue weighted by atomic mass is 16.7. The van der Waals surface area contributed by atoms with Crippen LogP contribution < -0.4 is 0 Å². The average molecular weight is 375 g/mol. The van der Waals surface area contributed by atoms with Gasteiger partial charge in [-0.2, -0.15) is 0 Å². The Hall–Kier alpha value is -0.640. The molecule has 1 saturated heterocycles. The maximum absolute atomic E-state index is 10.6. The molecule has 0 aromatic carbocycles. The predicted octanol–water partition coefficient (Wildman–Crippen LogP) is 5.39. The summed E-state index contributed by atoms with van der Waals surface area (Å²) in [7, 11) is 0. The van der Waals surface area contributed by atoms with Crippen LogP contribution in [0.25, 0.3) is 0 Å². The molecule has 0 radical (unpaired) electrons. The molecular weight excluding hydrogens is 336 g/mol. The van der Waals surface area contributed by atoms with Crippen LogP contribution in [-0.2, 0) is 9.47 Å². The number of allylic oxidation sites excluding steroid dienone is 3. The first kappa shape index (κ1) is 19.7. The lowest BCUT2D eigenvalue weighted by molar-refractivity contribution is -0.197. The molecule has 0 aromatic heterocycles. The van der Waals surface area contributed by atoms with Crippen molar-refractivity contribution in [2.45, 2.75) is 91.5 Å². The summed E-state index contributed by atoms with van der Waals surface area (Å²) in [5, 5.41) is 10.6. The molecule has 4 atom stereocenters. The summed E-state index contributed by atoms with van der Waals surface area (Å²) in [6.07, 6.45) is 11.2. The summed E-state index contributed by atoms with van der Waals surface area (Å²) in [6.45, 7) is 10.6. The van der Waals surface area contributed by atoms with Crippen LogP contribution in [0.1, 0.15) is 79.1 Å². The number of hydrogen-bond acceptors (Lipinski definition) is 3. The minimum Gasteiger partial charge on any atom is -0.393 e. The minimum atomic E-state index is -0.181. The second-order valence-corrected chi connectivity index (χ2v) is 10.5. The van der Waals surface area contributed by atoms with Gasteiger partial charge in [-0.1, -0.05) is 39.7 Å². The Morgan fingerprint density at radius 3 is 2.52 bits per heavy atom. The average Bonchev–Trinajstić information content (AvgIpc) is 2.94. The van der Waals surface area contributed by atoms with Crippen molar-refractivity contribution in [3.05, 3.63) is 22.8 Å². The molecule has 0 amide bonds. The normalized spacial score (nSPS) is 40.9. The predicted molar refractivity (Wildman–Crippen MR) is 108 cm³/mol. The lowest BCUT2D eigenvalue weighted by Crippen LogP contribution is -2.42. The smallest absolute Gasteiger partial charge is 0.177 e. The van der Waals surface area contributed by atoms with Crippen LogP contribution in [0.15, 0.2) is 22.8 Å². The van der Waals surface area contributed by atoms with Gasteiger partial charge >= 0.3 is 0 Å². The third-order valence-electron chi connectivity index (χ3n) is 7.84. The molecule has 1 heterocycles. The van der Waals surface area contributed by atoms with Crippen molar-refractivity contribution in [3.8, 4) is 0 Å². The molecule has 152 valence electrons. The molecule has 3 nitrogen and oxygen atoms in total. The van der Waals surface area contributed by atoms with E-state index in [0.29, 0.717) is 11.8 Å². The third-order valence-corrected chi connectivity index (χ3v) is 7.84. The minimum absolute atomic E-state index is 0.0944. The Labute approximate surface area is 165 Å². The lowest BCUT2D eigenvalue weighted by Gasteiger charge is -2.48. The molecule has 2 saturated carbocycles. The zero-order valence-corrected chi connectivity index (χ0v) is 17.7. The van der Waals surface area contributed by atoms with E-state index in [4.69, 9.17) is 9.47 Å². The highest BCUT2D eigenvalue weighted by Gasteiger charge is 2.53. The Morgan fingerprint density at radius 2 is 1.81 bits per heavy atom. The number of aliphatic hydroxyl groups is 1. The lowest BCUT2D eigenvalue weighted by atomic mass is 9.58. The quantitative estimate of drug-likeness (QED) is 0.720. The van der Waals surface area contributed by atoms with Crippen molar-refractivity contribution in [2.75, 3.05) is 13.2 Å². The van der Waals surface area contributed by atoms with Gasteiger partial charge in [0, 0.05) is 5.41 Å². The van der Waals surface area contributed by atoms with Crippen molar-refractivity contribution >= 4 is 0 Å². The van der Waals surface area contributed by atoms with Gasteiger partial charge in [0.2, 0.25) is 0 Å². The molecule has 4 rings (SSSR count). The number of rotatable bonds is 3.